The molecule has 0 bridgehead atoms. The Bertz CT molecular complexity index is 542. The summed E-state index contributed by atoms with van der Waals surface area (Å²) in [6.07, 6.45) is 0. The highest BCUT2D eigenvalue weighted by Gasteiger charge is 2.06. The Kier molecular flexibility index (Phi) is 4.16. The smallest absolute Gasteiger partial charge is 0.138 e. The normalized spacial score (nSPS) is 9.89. The first-order valence-corrected chi connectivity index (χ1v) is 5.94. The summed E-state index contributed by atoms with van der Waals surface area (Å²) in [6.45, 7) is 5.26. The molecule has 1 heterocycles. The van der Waals surface area contributed by atoms with Gasteiger partial charge in [-0.25, -0.2) is 0 Å². The van der Waals surface area contributed by atoms with Crippen molar-refractivity contribution in [3.63, 3.8) is 0 Å². The van der Waals surface area contributed by atoms with Crippen LogP contribution in [0, 0.1) is 25.7 Å². The van der Waals surface area contributed by atoms with E-state index in [1.165, 1.54) is 0 Å². The van der Waals surface area contributed by atoms with Crippen molar-refractivity contribution in [3.8, 4) is 11.8 Å². The third-order valence-corrected chi connectivity index (χ3v) is 2.70. The van der Waals surface area contributed by atoms with Crippen molar-refractivity contribution in [3.05, 3.63) is 52.9 Å². The SMILES string of the molecule is Cc1noc(C)c1CNCC#Cc1ccccc1. The second-order valence-corrected chi connectivity index (χ2v) is 4.07. The van der Waals surface area contributed by atoms with E-state index in [2.05, 4.69) is 22.3 Å². The van der Waals surface area contributed by atoms with Crippen molar-refractivity contribution < 1.29 is 4.52 Å². The molecule has 1 aromatic carbocycles. The maximum Gasteiger partial charge on any atom is 0.138 e. The number of hydrogen-bond donors (Lipinski definition) is 1. The lowest BCUT2D eigenvalue weighted by Crippen LogP contribution is -2.14. The summed E-state index contributed by atoms with van der Waals surface area (Å²) >= 11 is 0. The summed E-state index contributed by atoms with van der Waals surface area (Å²) in [5.74, 6) is 7.06. The highest BCUT2D eigenvalue weighted by molar-refractivity contribution is 5.33. The molecule has 1 N–H and O–H groups in total. The summed E-state index contributed by atoms with van der Waals surface area (Å²) in [5.41, 5.74) is 3.10. The fourth-order valence-electron chi connectivity index (χ4n) is 1.67. The predicted octanol–water partition coefficient (Wildman–Crippen LogP) is 2.43. The number of rotatable bonds is 3. The average molecular weight is 240 g/mol. The average Bonchev–Trinajstić information content (AvgIpc) is 2.71. The molecule has 2 aromatic rings. The van der Waals surface area contributed by atoms with E-state index in [1.807, 2.05) is 44.2 Å². The maximum absolute atomic E-state index is 5.10. The number of nitrogens with zero attached hydrogens (tertiary/aromatic N) is 1. The first kappa shape index (κ1) is 12.4. The summed E-state index contributed by atoms with van der Waals surface area (Å²) < 4.78 is 5.10. The fourth-order valence-corrected chi connectivity index (χ4v) is 1.67. The van der Waals surface area contributed by atoms with Crippen molar-refractivity contribution in [1.29, 1.82) is 0 Å². The number of nitrogens with one attached hydrogen (secondary N) is 1. The molecule has 92 valence electrons. The molecule has 2 rings (SSSR count). The van der Waals surface area contributed by atoms with Gasteiger partial charge >= 0.3 is 0 Å². The lowest BCUT2D eigenvalue weighted by molar-refractivity contribution is 0.392. The highest BCUT2D eigenvalue weighted by Crippen LogP contribution is 2.10. The minimum Gasteiger partial charge on any atom is -0.361 e. The van der Waals surface area contributed by atoms with Crippen LogP contribution in [0.15, 0.2) is 34.9 Å². The van der Waals surface area contributed by atoms with Crippen molar-refractivity contribution >= 4 is 0 Å². The lowest BCUT2D eigenvalue weighted by Gasteiger charge is -1.99. The van der Waals surface area contributed by atoms with E-state index in [-0.39, 0.29) is 0 Å². The Hall–Kier alpha value is -2.05. The van der Waals surface area contributed by atoms with Gasteiger partial charge in [0, 0.05) is 17.7 Å². The quantitative estimate of drug-likeness (QED) is 0.661. The van der Waals surface area contributed by atoms with E-state index in [0.29, 0.717) is 6.54 Å². The second-order valence-electron chi connectivity index (χ2n) is 4.07. The zero-order chi connectivity index (χ0) is 12.8. The Balaban J connectivity index is 1.82. The molecular weight excluding hydrogens is 224 g/mol. The van der Waals surface area contributed by atoms with Gasteiger partial charge in [-0.3, -0.25) is 0 Å². The van der Waals surface area contributed by atoms with Gasteiger partial charge in [-0.1, -0.05) is 35.2 Å². The van der Waals surface area contributed by atoms with Crippen molar-refractivity contribution in [2.45, 2.75) is 20.4 Å². The van der Waals surface area contributed by atoms with E-state index in [9.17, 15) is 0 Å². The molecule has 0 aliphatic heterocycles. The Morgan fingerprint density at radius 1 is 1.22 bits per heavy atom. The van der Waals surface area contributed by atoms with Crippen molar-refractivity contribution in [1.82, 2.24) is 10.5 Å². The van der Waals surface area contributed by atoms with Crippen LogP contribution in [0.4, 0.5) is 0 Å². The van der Waals surface area contributed by atoms with Crippen LogP contribution in [0.1, 0.15) is 22.6 Å². The van der Waals surface area contributed by atoms with Gasteiger partial charge < -0.3 is 9.84 Å². The first-order chi connectivity index (χ1) is 8.77. The van der Waals surface area contributed by atoms with Gasteiger partial charge in [0.05, 0.1) is 12.2 Å². The molecule has 3 nitrogen and oxygen atoms in total. The monoisotopic (exact) mass is 240 g/mol. The van der Waals surface area contributed by atoms with Crippen LogP contribution in [-0.4, -0.2) is 11.7 Å². The number of hydrogen-bond acceptors (Lipinski definition) is 3. The minimum atomic E-state index is 0.652. The third kappa shape index (κ3) is 3.22. The van der Waals surface area contributed by atoms with Crippen LogP contribution >= 0.6 is 0 Å². The molecule has 0 fully saturated rings. The van der Waals surface area contributed by atoms with Crippen LogP contribution in [-0.2, 0) is 6.54 Å². The van der Waals surface area contributed by atoms with E-state index in [4.69, 9.17) is 4.52 Å². The standard InChI is InChI=1S/C15H16N2O/c1-12-15(13(2)18-17-12)11-16-10-6-9-14-7-4-3-5-8-14/h3-5,7-8,16H,10-11H2,1-2H3. The van der Waals surface area contributed by atoms with Crippen LogP contribution in [0.2, 0.25) is 0 Å². The number of benzene rings is 1. The van der Waals surface area contributed by atoms with Crippen LogP contribution in [0.25, 0.3) is 0 Å². The van der Waals surface area contributed by atoms with Gasteiger partial charge in [-0.05, 0) is 26.0 Å². The number of aromatic nitrogens is 1. The molecule has 0 radical (unpaired) electrons. The zero-order valence-electron chi connectivity index (χ0n) is 10.7. The largest absolute Gasteiger partial charge is 0.361 e. The zero-order valence-corrected chi connectivity index (χ0v) is 10.7. The Morgan fingerprint density at radius 3 is 2.67 bits per heavy atom. The first-order valence-electron chi connectivity index (χ1n) is 5.94. The van der Waals surface area contributed by atoms with E-state index >= 15 is 0 Å². The highest BCUT2D eigenvalue weighted by atomic mass is 16.5. The third-order valence-electron chi connectivity index (χ3n) is 2.70. The van der Waals surface area contributed by atoms with Crippen LogP contribution in [0.5, 0.6) is 0 Å². The molecule has 0 spiro atoms. The molecule has 0 atom stereocenters. The molecule has 0 aliphatic rings. The molecule has 0 aliphatic carbocycles. The van der Waals surface area contributed by atoms with E-state index < -0.39 is 0 Å². The van der Waals surface area contributed by atoms with Gasteiger partial charge in [-0.15, -0.1) is 0 Å². The van der Waals surface area contributed by atoms with Gasteiger partial charge in [0.1, 0.15) is 5.76 Å². The van der Waals surface area contributed by atoms with E-state index in [1.54, 1.807) is 0 Å². The molecule has 0 amide bonds. The minimum absolute atomic E-state index is 0.652. The maximum atomic E-state index is 5.10. The molecular formula is C15H16N2O. The van der Waals surface area contributed by atoms with Gasteiger partial charge in [0.25, 0.3) is 0 Å². The molecule has 0 saturated carbocycles. The number of aryl methyl sites for hydroxylation is 2. The van der Waals surface area contributed by atoms with Crippen LogP contribution < -0.4 is 5.32 Å². The topological polar surface area (TPSA) is 38.1 Å². The second kappa shape index (κ2) is 6.04. The van der Waals surface area contributed by atoms with Crippen molar-refractivity contribution in [2.24, 2.45) is 0 Å². The van der Waals surface area contributed by atoms with Crippen molar-refractivity contribution in [2.75, 3.05) is 6.54 Å². The van der Waals surface area contributed by atoms with Gasteiger partial charge in [0.2, 0.25) is 0 Å². The van der Waals surface area contributed by atoms with Gasteiger partial charge in [0.15, 0.2) is 0 Å². The predicted molar refractivity (Wildman–Crippen MR) is 71.0 cm³/mol. The molecule has 18 heavy (non-hydrogen) atoms. The summed E-state index contributed by atoms with van der Waals surface area (Å²) in [7, 11) is 0. The fraction of sp³-hybridized carbons (Fsp3) is 0.267. The van der Waals surface area contributed by atoms with Gasteiger partial charge in [-0.2, -0.15) is 0 Å². The van der Waals surface area contributed by atoms with E-state index in [0.717, 1.165) is 29.1 Å². The summed E-state index contributed by atoms with van der Waals surface area (Å²) in [6, 6.07) is 9.96. The summed E-state index contributed by atoms with van der Waals surface area (Å²) in [4.78, 5) is 0. The molecule has 0 saturated heterocycles. The molecule has 0 unspecified atom stereocenters. The summed E-state index contributed by atoms with van der Waals surface area (Å²) in [5, 5.41) is 7.18. The Labute approximate surface area is 107 Å². The Morgan fingerprint density at radius 2 is 2.00 bits per heavy atom. The van der Waals surface area contributed by atoms with Crippen LogP contribution in [0.3, 0.4) is 0 Å². The molecule has 3 heteroatoms. The molecule has 1 aromatic heterocycles. The lowest BCUT2D eigenvalue weighted by atomic mass is 10.2.